The van der Waals surface area contributed by atoms with Crippen molar-refractivity contribution >= 4 is 29.2 Å². The van der Waals surface area contributed by atoms with Crippen molar-refractivity contribution in [3.05, 3.63) is 40.9 Å². The molecule has 0 spiro atoms. The number of hydrogen-bond acceptors (Lipinski definition) is 2. The highest BCUT2D eigenvalue weighted by molar-refractivity contribution is 6.30. The molecule has 1 N–H and O–H groups in total. The van der Waals surface area contributed by atoms with Crippen LogP contribution < -0.4 is 5.32 Å². The first-order valence-electron chi connectivity index (χ1n) is 7.71. The van der Waals surface area contributed by atoms with Crippen LogP contribution in [0.5, 0.6) is 0 Å². The first kappa shape index (κ1) is 17.3. The number of benzene rings is 1. The second-order valence-electron chi connectivity index (χ2n) is 5.83. The quantitative estimate of drug-likeness (QED) is 0.842. The van der Waals surface area contributed by atoms with Gasteiger partial charge in [0.25, 0.3) is 0 Å². The van der Waals surface area contributed by atoms with Crippen molar-refractivity contribution in [1.29, 1.82) is 0 Å². The number of anilines is 1. The Balaban J connectivity index is 1.93. The average Bonchev–Trinajstić information content (AvgIpc) is 2.72. The van der Waals surface area contributed by atoms with Gasteiger partial charge in [0.2, 0.25) is 5.91 Å². The van der Waals surface area contributed by atoms with Crippen LogP contribution in [0.3, 0.4) is 0 Å². The number of hydrogen-bond donors (Lipinski definition) is 1. The van der Waals surface area contributed by atoms with E-state index < -0.39 is 0 Å². The van der Waals surface area contributed by atoms with E-state index in [4.69, 9.17) is 11.6 Å². The zero-order valence-electron chi connectivity index (χ0n) is 13.5. The van der Waals surface area contributed by atoms with Gasteiger partial charge in [0, 0.05) is 43.0 Å². The third-order valence-corrected chi connectivity index (χ3v) is 3.82. The summed E-state index contributed by atoms with van der Waals surface area (Å²) >= 11 is 5.92. The molecule has 0 atom stereocenters. The van der Waals surface area contributed by atoms with Crippen LogP contribution in [0.15, 0.2) is 35.9 Å². The maximum absolute atomic E-state index is 12.3. The van der Waals surface area contributed by atoms with E-state index in [-0.39, 0.29) is 11.9 Å². The first-order chi connectivity index (χ1) is 11.0. The van der Waals surface area contributed by atoms with Gasteiger partial charge in [-0.3, -0.25) is 4.79 Å². The van der Waals surface area contributed by atoms with Crippen LogP contribution in [0, 0.1) is 0 Å². The molecule has 1 saturated heterocycles. The Hall–Kier alpha value is -2.01. The van der Waals surface area contributed by atoms with Gasteiger partial charge >= 0.3 is 6.03 Å². The molecule has 1 aliphatic rings. The number of allylic oxidation sites excluding steroid dienone is 1. The molecular weight excluding hydrogens is 314 g/mol. The van der Waals surface area contributed by atoms with Crippen LogP contribution in [0.25, 0.3) is 0 Å². The van der Waals surface area contributed by atoms with Gasteiger partial charge in [-0.1, -0.05) is 23.2 Å². The third kappa shape index (κ3) is 5.28. The predicted octanol–water partition coefficient (Wildman–Crippen LogP) is 3.37. The Morgan fingerprint density at radius 2 is 1.83 bits per heavy atom. The highest BCUT2D eigenvalue weighted by Crippen LogP contribution is 2.16. The molecule has 5 nitrogen and oxygen atoms in total. The normalized spacial score (nSPS) is 14.9. The summed E-state index contributed by atoms with van der Waals surface area (Å²) in [6.45, 7) is 6.18. The van der Waals surface area contributed by atoms with Crippen LogP contribution >= 0.6 is 11.6 Å². The smallest absolute Gasteiger partial charge is 0.321 e. The second kappa shape index (κ2) is 8.02. The standard InChI is InChI=1S/C17H22ClN3O2/c1-13(2)11-16(22)20-7-4-8-21(10-9-20)17(23)19-15-6-3-5-14(18)12-15/h3,5-6,11-12H,4,7-10H2,1-2H3,(H,19,23). The molecule has 124 valence electrons. The fourth-order valence-electron chi connectivity index (χ4n) is 2.45. The fourth-order valence-corrected chi connectivity index (χ4v) is 2.64. The number of halogens is 1. The largest absolute Gasteiger partial charge is 0.337 e. The molecule has 1 aromatic carbocycles. The third-order valence-electron chi connectivity index (χ3n) is 3.58. The van der Waals surface area contributed by atoms with Gasteiger partial charge in [0.1, 0.15) is 0 Å². The van der Waals surface area contributed by atoms with Crippen molar-refractivity contribution in [3.8, 4) is 0 Å². The number of carbonyl (C=O) groups excluding carboxylic acids is 2. The molecule has 1 aromatic rings. The van der Waals surface area contributed by atoms with Gasteiger partial charge in [0.15, 0.2) is 0 Å². The van der Waals surface area contributed by atoms with E-state index in [0.29, 0.717) is 36.9 Å². The summed E-state index contributed by atoms with van der Waals surface area (Å²) in [5, 5.41) is 3.42. The summed E-state index contributed by atoms with van der Waals surface area (Å²) in [6.07, 6.45) is 2.41. The van der Waals surface area contributed by atoms with Crippen molar-refractivity contribution in [3.63, 3.8) is 0 Å². The average molecular weight is 336 g/mol. The molecule has 0 unspecified atom stereocenters. The lowest BCUT2D eigenvalue weighted by Gasteiger charge is -2.22. The second-order valence-corrected chi connectivity index (χ2v) is 6.26. The number of urea groups is 1. The van der Waals surface area contributed by atoms with Crippen LogP contribution in [-0.4, -0.2) is 47.9 Å². The summed E-state index contributed by atoms with van der Waals surface area (Å²) < 4.78 is 0. The van der Waals surface area contributed by atoms with E-state index in [2.05, 4.69) is 5.32 Å². The maximum atomic E-state index is 12.3. The molecule has 0 radical (unpaired) electrons. The number of amides is 3. The number of carbonyl (C=O) groups is 2. The Morgan fingerprint density at radius 3 is 2.52 bits per heavy atom. The van der Waals surface area contributed by atoms with Crippen molar-refractivity contribution in [2.24, 2.45) is 0 Å². The van der Waals surface area contributed by atoms with Gasteiger partial charge in [-0.25, -0.2) is 4.79 Å². The van der Waals surface area contributed by atoms with Gasteiger partial charge in [-0.2, -0.15) is 0 Å². The van der Waals surface area contributed by atoms with E-state index in [1.807, 2.05) is 13.8 Å². The maximum Gasteiger partial charge on any atom is 0.321 e. The Kier molecular flexibility index (Phi) is 6.04. The molecule has 2 rings (SSSR count). The molecular formula is C17H22ClN3O2. The van der Waals surface area contributed by atoms with Crippen LogP contribution in [0.1, 0.15) is 20.3 Å². The molecule has 23 heavy (non-hydrogen) atoms. The molecule has 1 heterocycles. The lowest BCUT2D eigenvalue weighted by molar-refractivity contribution is -0.125. The highest BCUT2D eigenvalue weighted by atomic mass is 35.5. The summed E-state index contributed by atoms with van der Waals surface area (Å²) in [4.78, 5) is 27.9. The molecule has 0 aromatic heterocycles. The Morgan fingerprint density at radius 1 is 1.13 bits per heavy atom. The SMILES string of the molecule is CC(C)=CC(=O)N1CCCN(C(=O)Nc2cccc(Cl)c2)CC1. The summed E-state index contributed by atoms with van der Waals surface area (Å²) in [5.74, 6) is 0.0158. The zero-order valence-corrected chi connectivity index (χ0v) is 14.3. The molecule has 1 fully saturated rings. The van der Waals surface area contributed by atoms with Crippen molar-refractivity contribution in [2.45, 2.75) is 20.3 Å². The topological polar surface area (TPSA) is 52.7 Å². The summed E-state index contributed by atoms with van der Waals surface area (Å²) in [6, 6.07) is 6.90. The molecule has 1 aliphatic heterocycles. The van der Waals surface area contributed by atoms with E-state index in [0.717, 1.165) is 12.0 Å². The van der Waals surface area contributed by atoms with E-state index in [1.165, 1.54) is 0 Å². The fraction of sp³-hybridized carbons (Fsp3) is 0.412. The van der Waals surface area contributed by atoms with Crippen LogP contribution in [0.2, 0.25) is 5.02 Å². The van der Waals surface area contributed by atoms with Crippen LogP contribution in [0.4, 0.5) is 10.5 Å². The number of nitrogens with zero attached hydrogens (tertiary/aromatic N) is 2. The molecule has 6 heteroatoms. The van der Waals surface area contributed by atoms with Gasteiger partial charge in [0.05, 0.1) is 0 Å². The summed E-state index contributed by atoms with van der Waals surface area (Å²) in [7, 11) is 0. The van der Waals surface area contributed by atoms with Gasteiger partial charge in [-0.05, 0) is 38.5 Å². The zero-order chi connectivity index (χ0) is 16.8. The van der Waals surface area contributed by atoms with Crippen molar-refractivity contribution in [1.82, 2.24) is 9.80 Å². The van der Waals surface area contributed by atoms with E-state index >= 15 is 0 Å². The molecule has 0 bridgehead atoms. The molecule has 3 amide bonds. The number of nitrogens with one attached hydrogen (secondary N) is 1. The Bertz CT molecular complexity index is 612. The van der Waals surface area contributed by atoms with Crippen LogP contribution in [-0.2, 0) is 4.79 Å². The van der Waals surface area contributed by atoms with E-state index in [1.54, 1.807) is 40.1 Å². The first-order valence-corrected chi connectivity index (χ1v) is 8.09. The van der Waals surface area contributed by atoms with Crippen molar-refractivity contribution in [2.75, 3.05) is 31.5 Å². The molecule has 0 saturated carbocycles. The van der Waals surface area contributed by atoms with Gasteiger partial charge < -0.3 is 15.1 Å². The number of rotatable bonds is 2. The lowest BCUT2D eigenvalue weighted by atomic mass is 10.3. The lowest BCUT2D eigenvalue weighted by Crippen LogP contribution is -2.39. The minimum absolute atomic E-state index is 0.0158. The monoisotopic (exact) mass is 335 g/mol. The predicted molar refractivity (Wildman–Crippen MR) is 92.7 cm³/mol. The minimum Gasteiger partial charge on any atom is -0.337 e. The van der Waals surface area contributed by atoms with Crippen molar-refractivity contribution < 1.29 is 9.59 Å². The molecule has 0 aliphatic carbocycles. The summed E-state index contributed by atoms with van der Waals surface area (Å²) in [5.41, 5.74) is 1.65. The van der Waals surface area contributed by atoms with E-state index in [9.17, 15) is 9.59 Å². The Labute approximate surface area is 141 Å². The van der Waals surface area contributed by atoms with Gasteiger partial charge in [-0.15, -0.1) is 0 Å². The minimum atomic E-state index is -0.163. The highest BCUT2D eigenvalue weighted by Gasteiger charge is 2.21.